The number of nitrogens with zero attached hydrogens (tertiary/aromatic N) is 3. The van der Waals surface area contributed by atoms with Gasteiger partial charge in [-0.2, -0.15) is 5.10 Å². The average molecular weight is 412 g/mol. The molecule has 1 unspecified atom stereocenters. The summed E-state index contributed by atoms with van der Waals surface area (Å²) >= 11 is 6.23. The fourth-order valence-corrected chi connectivity index (χ4v) is 3.72. The van der Waals surface area contributed by atoms with Crippen molar-refractivity contribution >= 4 is 11.6 Å². The van der Waals surface area contributed by atoms with Crippen molar-refractivity contribution in [3.63, 3.8) is 0 Å². The highest BCUT2D eigenvalue weighted by molar-refractivity contribution is 6.30. The summed E-state index contributed by atoms with van der Waals surface area (Å²) in [6.07, 6.45) is 1.96. The molecule has 4 rings (SSSR count). The van der Waals surface area contributed by atoms with Gasteiger partial charge in [0, 0.05) is 24.2 Å². The summed E-state index contributed by atoms with van der Waals surface area (Å²) in [5.74, 6) is 1.44. The van der Waals surface area contributed by atoms with Crippen LogP contribution in [0, 0.1) is 6.92 Å². The molecule has 0 aliphatic heterocycles. The molecular formula is C23H26ClN3O2. The minimum Gasteiger partial charge on any atom is -0.439 e. The van der Waals surface area contributed by atoms with Crippen molar-refractivity contribution < 1.29 is 9.84 Å². The second-order valence-corrected chi connectivity index (χ2v) is 8.12. The third-order valence-corrected chi connectivity index (χ3v) is 5.31. The fraction of sp³-hybridized carbons (Fsp3) is 0.348. The first-order chi connectivity index (χ1) is 14.0. The molecule has 2 aromatic carbocycles. The molecule has 1 aromatic heterocycles. The molecule has 1 saturated carbocycles. The molecule has 1 aliphatic rings. The molecule has 6 heteroatoms. The molecule has 1 fully saturated rings. The maximum Gasteiger partial charge on any atom is 0.227 e. The van der Waals surface area contributed by atoms with Gasteiger partial charge in [-0.05, 0) is 57.0 Å². The molecule has 0 bridgehead atoms. The number of aryl methyl sites for hydroxylation is 1. The van der Waals surface area contributed by atoms with Crippen LogP contribution in [0.1, 0.15) is 31.0 Å². The maximum atomic E-state index is 9.96. The summed E-state index contributed by atoms with van der Waals surface area (Å²) in [7, 11) is 0. The Bertz CT molecular complexity index is 968. The lowest BCUT2D eigenvalue weighted by atomic mass is 10.2. The third-order valence-electron chi connectivity index (χ3n) is 5.07. The van der Waals surface area contributed by atoms with Crippen LogP contribution in [0.15, 0.2) is 54.6 Å². The molecule has 1 N–H and O–H groups in total. The second kappa shape index (κ2) is 8.57. The largest absolute Gasteiger partial charge is 0.439 e. The van der Waals surface area contributed by atoms with Crippen molar-refractivity contribution in [2.24, 2.45) is 0 Å². The van der Waals surface area contributed by atoms with E-state index in [-0.39, 0.29) is 6.10 Å². The van der Waals surface area contributed by atoms with Crippen LogP contribution in [0.2, 0.25) is 5.02 Å². The summed E-state index contributed by atoms with van der Waals surface area (Å²) in [4.78, 5) is 2.33. The molecule has 0 radical (unpaired) electrons. The van der Waals surface area contributed by atoms with Crippen LogP contribution in [0.4, 0.5) is 0 Å². The van der Waals surface area contributed by atoms with Gasteiger partial charge in [-0.15, -0.1) is 0 Å². The van der Waals surface area contributed by atoms with Gasteiger partial charge < -0.3 is 9.84 Å². The summed E-state index contributed by atoms with van der Waals surface area (Å²) < 4.78 is 8.15. The van der Waals surface area contributed by atoms with Gasteiger partial charge in [-0.3, -0.25) is 4.90 Å². The molecule has 1 heterocycles. The number of hydrogen-bond acceptors (Lipinski definition) is 4. The van der Waals surface area contributed by atoms with Crippen molar-refractivity contribution in [1.29, 1.82) is 0 Å². The number of aliphatic hydroxyl groups is 1. The molecule has 0 spiro atoms. The summed E-state index contributed by atoms with van der Waals surface area (Å²) in [6, 6.07) is 17.8. The lowest BCUT2D eigenvalue weighted by Crippen LogP contribution is -2.32. The zero-order chi connectivity index (χ0) is 20.4. The Balaban J connectivity index is 1.75. The first kappa shape index (κ1) is 20.0. The molecule has 152 valence electrons. The normalized spacial score (nSPS) is 14.9. The second-order valence-electron chi connectivity index (χ2n) is 7.69. The quantitative estimate of drug-likeness (QED) is 0.568. The molecule has 29 heavy (non-hydrogen) atoms. The molecule has 5 nitrogen and oxygen atoms in total. The SMILES string of the molecule is Cc1nn(-c2cccc(Cl)c2)c(Oc2ccccc2)c1CN(CC(C)O)C1CC1. The average Bonchev–Trinajstić information content (AvgIpc) is 3.49. The zero-order valence-corrected chi connectivity index (χ0v) is 17.5. The monoisotopic (exact) mass is 411 g/mol. The minimum atomic E-state index is -0.377. The van der Waals surface area contributed by atoms with Crippen LogP contribution in [-0.2, 0) is 6.54 Å². The van der Waals surface area contributed by atoms with Crippen LogP contribution < -0.4 is 4.74 Å². The van der Waals surface area contributed by atoms with Gasteiger partial charge in [-0.25, -0.2) is 4.68 Å². The van der Waals surface area contributed by atoms with E-state index < -0.39 is 0 Å². The van der Waals surface area contributed by atoms with Gasteiger partial charge in [0.15, 0.2) is 0 Å². The summed E-state index contributed by atoms with van der Waals surface area (Å²) in [5.41, 5.74) is 2.79. The van der Waals surface area contributed by atoms with E-state index in [1.807, 2.05) is 73.1 Å². The van der Waals surface area contributed by atoms with Crippen molar-refractivity contribution in [1.82, 2.24) is 14.7 Å². The first-order valence-electron chi connectivity index (χ1n) is 10.0. The van der Waals surface area contributed by atoms with E-state index in [2.05, 4.69) is 4.90 Å². The summed E-state index contributed by atoms with van der Waals surface area (Å²) in [6.45, 7) is 5.15. The Morgan fingerprint density at radius 1 is 1.21 bits per heavy atom. The van der Waals surface area contributed by atoms with E-state index in [4.69, 9.17) is 21.4 Å². The molecule has 1 aliphatic carbocycles. The van der Waals surface area contributed by atoms with Crippen LogP contribution in [0.25, 0.3) is 5.69 Å². The minimum absolute atomic E-state index is 0.377. The number of halogens is 1. The highest BCUT2D eigenvalue weighted by Crippen LogP contribution is 2.35. The van der Waals surface area contributed by atoms with Crippen LogP contribution >= 0.6 is 11.6 Å². The number of aliphatic hydroxyl groups excluding tert-OH is 1. The molecular weight excluding hydrogens is 386 g/mol. The topological polar surface area (TPSA) is 50.5 Å². The van der Waals surface area contributed by atoms with Crippen LogP contribution in [0.5, 0.6) is 11.6 Å². The Morgan fingerprint density at radius 2 is 1.97 bits per heavy atom. The van der Waals surface area contributed by atoms with Gasteiger partial charge in [0.25, 0.3) is 0 Å². The predicted molar refractivity (Wildman–Crippen MR) is 115 cm³/mol. The van der Waals surface area contributed by atoms with E-state index in [1.54, 1.807) is 0 Å². The molecule has 0 amide bonds. The first-order valence-corrected chi connectivity index (χ1v) is 10.4. The van der Waals surface area contributed by atoms with E-state index in [0.29, 0.717) is 30.0 Å². The number of benzene rings is 2. The number of hydrogen-bond donors (Lipinski definition) is 1. The number of ether oxygens (including phenoxy) is 1. The Kier molecular flexibility index (Phi) is 5.90. The van der Waals surface area contributed by atoms with Gasteiger partial charge in [-0.1, -0.05) is 35.9 Å². The van der Waals surface area contributed by atoms with E-state index in [1.165, 1.54) is 12.8 Å². The smallest absolute Gasteiger partial charge is 0.227 e. The van der Waals surface area contributed by atoms with Gasteiger partial charge in [0.2, 0.25) is 5.88 Å². The summed E-state index contributed by atoms with van der Waals surface area (Å²) in [5, 5.41) is 15.4. The van der Waals surface area contributed by atoms with Gasteiger partial charge >= 0.3 is 0 Å². The number of rotatable bonds is 8. The Hall–Kier alpha value is -2.34. The van der Waals surface area contributed by atoms with E-state index >= 15 is 0 Å². The lowest BCUT2D eigenvalue weighted by Gasteiger charge is -2.24. The number of aromatic nitrogens is 2. The third kappa shape index (κ3) is 4.81. The van der Waals surface area contributed by atoms with Crippen molar-refractivity contribution in [3.05, 3.63) is 70.9 Å². The molecule has 0 saturated heterocycles. The molecule has 1 atom stereocenters. The zero-order valence-electron chi connectivity index (χ0n) is 16.8. The standard InChI is InChI=1S/C23H26ClN3O2/c1-16(28)14-26(19-11-12-19)15-22-17(2)25-27(20-8-6-7-18(24)13-20)23(22)29-21-9-4-3-5-10-21/h3-10,13,16,19,28H,11-12,14-15H2,1-2H3. The van der Waals surface area contributed by atoms with Crippen molar-refractivity contribution in [3.8, 4) is 17.3 Å². The van der Waals surface area contributed by atoms with Crippen LogP contribution in [0.3, 0.4) is 0 Å². The van der Waals surface area contributed by atoms with Gasteiger partial charge in [0.1, 0.15) is 5.75 Å². The Morgan fingerprint density at radius 3 is 2.62 bits per heavy atom. The fourth-order valence-electron chi connectivity index (χ4n) is 3.53. The Labute approximate surface area is 176 Å². The highest BCUT2D eigenvalue weighted by Gasteiger charge is 2.32. The maximum absolute atomic E-state index is 9.96. The van der Waals surface area contributed by atoms with Crippen molar-refractivity contribution in [2.45, 2.75) is 45.4 Å². The predicted octanol–water partition coefficient (Wildman–Crippen LogP) is 4.97. The van der Waals surface area contributed by atoms with E-state index in [0.717, 1.165) is 22.7 Å². The molecule has 3 aromatic rings. The van der Waals surface area contributed by atoms with Crippen LogP contribution in [-0.4, -0.2) is 38.5 Å². The van der Waals surface area contributed by atoms with E-state index in [9.17, 15) is 5.11 Å². The van der Waals surface area contributed by atoms with Gasteiger partial charge in [0.05, 0.1) is 23.0 Å². The van der Waals surface area contributed by atoms with Crippen molar-refractivity contribution in [2.75, 3.05) is 6.54 Å². The highest BCUT2D eigenvalue weighted by atomic mass is 35.5. The number of para-hydroxylation sites is 1. The lowest BCUT2D eigenvalue weighted by molar-refractivity contribution is 0.117.